The SMILES string of the molecule is COCCNC(=O)C(C)N1CCC(NC2CC2)C1=O. The lowest BCUT2D eigenvalue weighted by atomic mass is 10.2. The third-order valence-corrected chi connectivity index (χ3v) is 3.71. The molecule has 2 rings (SSSR count). The minimum atomic E-state index is -0.407. The Bertz CT molecular complexity index is 344. The van der Waals surface area contributed by atoms with Crippen LogP contribution in [0.1, 0.15) is 26.2 Å². The lowest BCUT2D eigenvalue weighted by Crippen LogP contribution is -2.49. The number of hydrogen-bond acceptors (Lipinski definition) is 4. The fraction of sp³-hybridized carbons (Fsp3) is 0.846. The number of methoxy groups -OCH3 is 1. The summed E-state index contributed by atoms with van der Waals surface area (Å²) in [5.74, 6) is -0.0567. The molecular weight excluding hydrogens is 246 g/mol. The van der Waals surface area contributed by atoms with Gasteiger partial charge in [-0.15, -0.1) is 0 Å². The van der Waals surface area contributed by atoms with E-state index in [1.807, 2.05) is 0 Å². The van der Waals surface area contributed by atoms with E-state index < -0.39 is 6.04 Å². The van der Waals surface area contributed by atoms with Gasteiger partial charge in [0.15, 0.2) is 0 Å². The van der Waals surface area contributed by atoms with E-state index in [9.17, 15) is 9.59 Å². The topological polar surface area (TPSA) is 70.7 Å². The standard InChI is InChI=1S/C13H23N3O3/c1-9(12(17)14-6-8-19-2)16-7-5-11(13(16)18)15-10-3-4-10/h9-11,15H,3-8H2,1-2H3,(H,14,17). The van der Waals surface area contributed by atoms with Gasteiger partial charge in [-0.25, -0.2) is 0 Å². The molecule has 2 unspecified atom stereocenters. The zero-order valence-electron chi connectivity index (χ0n) is 11.6. The number of ether oxygens (including phenoxy) is 1. The van der Waals surface area contributed by atoms with E-state index in [-0.39, 0.29) is 17.9 Å². The zero-order chi connectivity index (χ0) is 13.8. The van der Waals surface area contributed by atoms with Crippen molar-refractivity contribution in [2.24, 2.45) is 0 Å². The van der Waals surface area contributed by atoms with E-state index in [2.05, 4.69) is 10.6 Å². The van der Waals surface area contributed by atoms with Gasteiger partial charge in [0, 0.05) is 26.2 Å². The predicted octanol–water partition coefficient (Wildman–Crippen LogP) is -0.510. The molecule has 1 saturated carbocycles. The van der Waals surface area contributed by atoms with Gasteiger partial charge in [-0.05, 0) is 26.2 Å². The number of carbonyl (C=O) groups excluding carboxylic acids is 2. The molecular formula is C13H23N3O3. The molecule has 0 spiro atoms. The van der Waals surface area contributed by atoms with Crippen molar-refractivity contribution in [3.8, 4) is 0 Å². The number of carbonyl (C=O) groups is 2. The normalized spacial score (nSPS) is 24.6. The number of rotatable bonds is 7. The summed E-state index contributed by atoms with van der Waals surface area (Å²) in [5, 5.41) is 6.11. The van der Waals surface area contributed by atoms with Crippen LogP contribution in [0.4, 0.5) is 0 Å². The Balaban J connectivity index is 1.80. The van der Waals surface area contributed by atoms with Crippen LogP contribution < -0.4 is 10.6 Å². The summed E-state index contributed by atoms with van der Waals surface area (Å²) in [5.41, 5.74) is 0. The molecule has 2 N–H and O–H groups in total. The van der Waals surface area contributed by atoms with Gasteiger partial charge >= 0.3 is 0 Å². The minimum Gasteiger partial charge on any atom is -0.383 e. The summed E-state index contributed by atoms with van der Waals surface area (Å²) < 4.78 is 4.88. The van der Waals surface area contributed by atoms with Gasteiger partial charge in [-0.1, -0.05) is 0 Å². The van der Waals surface area contributed by atoms with Crippen molar-refractivity contribution in [3.05, 3.63) is 0 Å². The van der Waals surface area contributed by atoms with Crippen LogP contribution in [0.15, 0.2) is 0 Å². The van der Waals surface area contributed by atoms with Crippen LogP contribution in [0, 0.1) is 0 Å². The lowest BCUT2D eigenvalue weighted by molar-refractivity contribution is -0.137. The molecule has 2 fully saturated rings. The van der Waals surface area contributed by atoms with Crippen LogP contribution in [-0.4, -0.2) is 61.6 Å². The lowest BCUT2D eigenvalue weighted by Gasteiger charge is -2.24. The number of likely N-dealkylation sites (tertiary alicyclic amines) is 1. The summed E-state index contributed by atoms with van der Waals surface area (Å²) in [6.45, 7) is 3.39. The zero-order valence-corrected chi connectivity index (χ0v) is 11.6. The van der Waals surface area contributed by atoms with Crippen molar-refractivity contribution >= 4 is 11.8 Å². The summed E-state index contributed by atoms with van der Waals surface area (Å²) in [4.78, 5) is 25.8. The summed E-state index contributed by atoms with van der Waals surface area (Å²) in [6, 6.07) is 0.0109. The van der Waals surface area contributed by atoms with Crippen molar-refractivity contribution in [3.63, 3.8) is 0 Å². The van der Waals surface area contributed by atoms with E-state index in [0.717, 1.165) is 19.3 Å². The highest BCUT2D eigenvalue weighted by molar-refractivity contribution is 5.90. The van der Waals surface area contributed by atoms with Gasteiger partial charge in [0.2, 0.25) is 11.8 Å². The highest BCUT2D eigenvalue weighted by Crippen LogP contribution is 2.23. The molecule has 108 valence electrons. The maximum absolute atomic E-state index is 12.2. The molecule has 0 bridgehead atoms. The Morgan fingerprint density at radius 2 is 2.21 bits per heavy atom. The van der Waals surface area contributed by atoms with Crippen molar-refractivity contribution in [2.45, 2.75) is 44.3 Å². The molecule has 2 atom stereocenters. The van der Waals surface area contributed by atoms with Crippen molar-refractivity contribution < 1.29 is 14.3 Å². The quantitative estimate of drug-likeness (QED) is 0.611. The van der Waals surface area contributed by atoms with Crippen molar-refractivity contribution in [1.29, 1.82) is 0 Å². The second-order valence-corrected chi connectivity index (χ2v) is 5.27. The summed E-state index contributed by atoms with van der Waals surface area (Å²) in [7, 11) is 1.59. The second-order valence-electron chi connectivity index (χ2n) is 5.27. The van der Waals surface area contributed by atoms with Gasteiger partial charge in [-0.3, -0.25) is 9.59 Å². The maximum Gasteiger partial charge on any atom is 0.242 e. The van der Waals surface area contributed by atoms with Crippen LogP contribution in [0.3, 0.4) is 0 Å². The van der Waals surface area contributed by atoms with Gasteiger partial charge < -0.3 is 20.3 Å². The van der Waals surface area contributed by atoms with E-state index in [1.165, 1.54) is 0 Å². The molecule has 6 heteroatoms. The Morgan fingerprint density at radius 1 is 1.47 bits per heavy atom. The molecule has 1 heterocycles. The molecule has 6 nitrogen and oxygen atoms in total. The molecule has 0 aromatic carbocycles. The van der Waals surface area contributed by atoms with Gasteiger partial charge in [-0.2, -0.15) is 0 Å². The average Bonchev–Trinajstić information content (AvgIpc) is 3.14. The molecule has 0 aromatic rings. The Hall–Kier alpha value is -1.14. The van der Waals surface area contributed by atoms with Gasteiger partial charge in [0.25, 0.3) is 0 Å². The smallest absolute Gasteiger partial charge is 0.242 e. The molecule has 0 aromatic heterocycles. The molecule has 1 aliphatic carbocycles. The van der Waals surface area contributed by atoms with E-state index in [1.54, 1.807) is 18.9 Å². The fourth-order valence-electron chi connectivity index (χ4n) is 2.34. The first-order valence-electron chi connectivity index (χ1n) is 6.96. The van der Waals surface area contributed by atoms with Gasteiger partial charge in [0.05, 0.1) is 12.6 Å². The summed E-state index contributed by atoms with van der Waals surface area (Å²) >= 11 is 0. The van der Waals surface area contributed by atoms with E-state index in [0.29, 0.717) is 25.7 Å². The third-order valence-electron chi connectivity index (χ3n) is 3.71. The summed E-state index contributed by atoms with van der Waals surface area (Å²) in [6.07, 6.45) is 3.12. The van der Waals surface area contributed by atoms with Gasteiger partial charge in [0.1, 0.15) is 6.04 Å². The number of amides is 2. The number of nitrogens with one attached hydrogen (secondary N) is 2. The molecule has 1 saturated heterocycles. The minimum absolute atomic E-state index is 0.0568. The third kappa shape index (κ3) is 3.67. The van der Waals surface area contributed by atoms with E-state index >= 15 is 0 Å². The first-order chi connectivity index (χ1) is 9.13. The van der Waals surface area contributed by atoms with Crippen molar-refractivity contribution in [1.82, 2.24) is 15.5 Å². The number of nitrogens with zero attached hydrogens (tertiary/aromatic N) is 1. The Labute approximate surface area is 113 Å². The predicted molar refractivity (Wildman–Crippen MR) is 70.6 cm³/mol. The molecule has 2 amide bonds. The van der Waals surface area contributed by atoms with Crippen LogP contribution >= 0.6 is 0 Å². The maximum atomic E-state index is 12.2. The molecule has 19 heavy (non-hydrogen) atoms. The molecule has 0 radical (unpaired) electrons. The fourth-order valence-corrected chi connectivity index (χ4v) is 2.34. The van der Waals surface area contributed by atoms with Crippen LogP contribution in [0.5, 0.6) is 0 Å². The largest absolute Gasteiger partial charge is 0.383 e. The Morgan fingerprint density at radius 3 is 2.84 bits per heavy atom. The molecule has 1 aliphatic heterocycles. The van der Waals surface area contributed by atoms with Crippen LogP contribution in [-0.2, 0) is 14.3 Å². The Kier molecular flexibility index (Phi) is 4.76. The van der Waals surface area contributed by atoms with Crippen LogP contribution in [0.2, 0.25) is 0 Å². The highest BCUT2D eigenvalue weighted by Gasteiger charge is 2.38. The highest BCUT2D eigenvalue weighted by atomic mass is 16.5. The van der Waals surface area contributed by atoms with E-state index in [4.69, 9.17) is 4.74 Å². The monoisotopic (exact) mass is 269 g/mol. The number of hydrogen-bond donors (Lipinski definition) is 2. The molecule has 2 aliphatic rings. The first kappa shape index (κ1) is 14.3. The average molecular weight is 269 g/mol. The first-order valence-corrected chi connectivity index (χ1v) is 6.96. The van der Waals surface area contributed by atoms with Crippen LogP contribution in [0.25, 0.3) is 0 Å². The second kappa shape index (κ2) is 6.34. The van der Waals surface area contributed by atoms with Crippen molar-refractivity contribution in [2.75, 3.05) is 26.8 Å².